The molecule has 2 aromatic rings. The molecule has 0 unspecified atom stereocenters. The highest BCUT2D eigenvalue weighted by Gasteiger charge is 2.30. The van der Waals surface area contributed by atoms with Gasteiger partial charge in [-0.1, -0.05) is 42.7 Å². The number of carbonyl (C=O) groups is 1. The van der Waals surface area contributed by atoms with Crippen LogP contribution in [0.1, 0.15) is 36.8 Å². The minimum atomic E-state index is -3.97. The Morgan fingerprint density at radius 3 is 2.33 bits per heavy atom. The van der Waals surface area contributed by atoms with Crippen molar-refractivity contribution >= 4 is 16.1 Å². The second-order valence-corrected chi connectivity index (χ2v) is 9.12. The van der Waals surface area contributed by atoms with E-state index >= 15 is 0 Å². The van der Waals surface area contributed by atoms with Crippen molar-refractivity contribution in [2.75, 3.05) is 14.2 Å². The lowest BCUT2D eigenvalue weighted by Gasteiger charge is -2.30. The van der Waals surface area contributed by atoms with Crippen LogP contribution in [0.15, 0.2) is 47.4 Å². The molecule has 7 nitrogen and oxygen atoms in total. The number of hydrogen-bond acceptors (Lipinski definition) is 5. The Morgan fingerprint density at radius 1 is 1.07 bits per heavy atom. The summed E-state index contributed by atoms with van der Waals surface area (Å²) in [6.45, 7) is 2.10. The first kappa shape index (κ1) is 22.0. The highest BCUT2D eigenvalue weighted by Crippen LogP contribution is 2.33. The van der Waals surface area contributed by atoms with Crippen molar-refractivity contribution in [2.24, 2.45) is 0 Å². The maximum Gasteiger partial charge on any atom is 0.331 e. The topological polar surface area (TPSA) is 84.9 Å². The van der Waals surface area contributed by atoms with Crippen LogP contribution in [0.3, 0.4) is 0 Å². The van der Waals surface area contributed by atoms with Gasteiger partial charge in [0.05, 0.1) is 25.7 Å². The van der Waals surface area contributed by atoms with Gasteiger partial charge in [-0.15, -0.1) is 0 Å². The Hall–Kier alpha value is -2.74. The van der Waals surface area contributed by atoms with Gasteiger partial charge in [-0.3, -0.25) is 0 Å². The summed E-state index contributed by atoms with van der Waals surface area (Å²) in [5, 5.41) is 0. The summed E-state index contributed by atoms with van der Waals surface area (Å²) < 4.78 is 38.6. The molecule has 0 spiro atoms. The van der Waals surface area contributed by atoms with E-state index in [0.29, 0.717) is 11.5 Å². The third-order valence-corrected chi connectivity index (χ3v) is 6.74. The smallest absolute Gasteiger partial charge is 0.331 e. The summed E-state index contributed by atoms with van der Waals surface area (Å²) in [6, 6.07) is 11.2. The first-order chi connectivity index (χ1) is 14.4. The van der Waals surface area contributed by atoms with E-state index in [0.717, 1.165) is 36.8 Å². The van der Waals surface area contributed by atoms with E-state index in [9.17, 15) is 13.2 Å². The Labute approximate surface area is 178 Å². The fourth-order valence-corrected chi connectivity index (χ4v) is 4.75. The van der Waals surface area contributed by atoms with Crippen molar-refractivity contribution in [1.29, 1.82) is 0 Å². The second kappa shape index (κ2) is 9.38. The number of aryl methyl sites for hydroxylation is 1. The maximum absolute atomic E-state index is 13.1. The molecule has 3 rings (SSSR count). The van der Waals surface area contributed by atoms with Crippen molar-refractivity contribution in [3.63, 3.8) is 0 Å². The molecule has 0 atom stereocenters. The number of carbonyl (C=O) groups excluding carboxylic acids is 1. The molecule has 0 aliphatic heterocycles. The van der Waals surface area contributed by atoms with E-state index in [-0.39, 0.29) is 17.5 Å². The van der Waals surface area contributed by atoms with Crippen LogP contribution in [-0.4, -0.2) is 39.6 Å². The number of methoxy groups -OCH3 is 2. The number of nitrogens with one attached hydrogen (secondary N) is 1. The number of amides is 2. The molecule has 1 aliphatic carbocycles. The van der Waals surface area contributed by atoms with E-state index in [1.807, 2.05) is 19.1 Å². The SMILES string of the molecule is COc1cccc(CN(C(=O)NS(=O)(=O)c2ccc(C)cc2)C2CCCC2)c1OC. The number of sulfonamides is 1. The highest BCUT2D eigenvalue weighted by molar-refractivity contribution is 7.90. The summed E-state index contributed by atoms with van der Waals surface area (Å²) >= 11 is 0. The number of ether oxygens (including phenoxy) is 2. The van der Waals surface area contributed by atoms with Gasteiger partial charge in [0.25, 0.3) is 10.0 Å². The van der Waals surface area contributed by atoms with Crippen LogP contribution < -0.4 is 14.2 Å². The van der Waals surface area contributed by atoms with E-state index < -0.39 is 16.1 Å². The van der Waals surface area contributed by atoms with Crippen LogP contribution >= 0.6 is 0 Å². The van der Waals surface area contributed by atoms with Crippen molar-refractivity contribution in [1.82, 2.24) is 9.62 Å². The third-order valence-electron chi connectivity index (χ3n) is 5.40. The predicted molar refractivity (Wildman–Crippen MR) is 114 cm³/mol. The van der Waals surface area contributed by atoms with Gasteiger partial charge < -0.3 is 14.4 Å². The molecule has 0 radical (unpaired) electrons. The maximum atomic E-state index is 13.1. The molecule has 1 fully saturated rings. The van der Waals surface area contributed by atoms with Crippen molar-refractivity contribution in [3.05, 3.63) is 53.6 Å². The van der Waals surface area contributed by atoms with Gasteiger partial charge in [-0.2, -0.15) is 0 Å². The van der Waals surface area contributed by atoms with Crippen LogP contribution in [0, 0.1) is 6.92 Å². The van der Waals surface area contributed by atoms with Crippen molar-refractivity contribution in [3.8, 4) is 11.5 Å². The van der Waals surface area contributed by atoms with E-state index in [4.69, 9.17) is 9.47 Å². The lowest BCUT2D eigenvalue weighted by Crippen LogP contribution is -2.46. The molecule has 0 heterocycles. The monoisotopic (exact) mass is 432 g/mol. The molecule has 1 aliphatic rings. The Kier molecular flexibility index (Phi) is 6.87. The Balaban J connectivity index is 1.87. The Bertz CT molecular complexity index is 983. The second-order valence-electron chi connectivity index (χ2n) is 7.44. The van der Waals surface area contributed by atoms with E-state index in [2.05, 4.69) is 4.72 Å². The first-order valence-corrected chi connectivity index (χ1v) is 11.4. The highest BCUT2D eigenvalue weighted by atomic mass is 32.2. The number of para-hydroxylation sites is 1. The third kappa shape index (κ3) is 4.87. The molecular formula is C22H28N2O5S. The fourth-order valence-electron chi connectivity index (χ4n) is 3.79. The van der Waals surface area contributed by atoms with Crippen LogP contribution in [0.2, 0.25) is 0 Å². The first-order valence-electron chi connectivity index (χ1n) is 9.95. The standard InChI is InChI=1S/C22H28N2O5S/c1-16-11-13-19(14-12-16)30(26,27)23-22(25)24(18-8-4-5-9-18)15-17-7-6-10-20(28-2)21(17)29-3/h6-7,10-14,18H,4-5,8-9,15H2,1-3H3,(H,23,25). The minimum absolute atomic E-state index is 0.0332. The molecule has 0 aromatic heterocycles. The Morgan fingerprint density at radius 2 is 1.73 bits per heavy atom. The molecule has 2 aromatic carbocycles. The minimum Gasteiger partial charge on any atom is -0.493 e. The zero-order chi connectivity index (χ0) is 21.7. The molecule has 30 heavy (non-hydrogen) atoms. The average molecular weight is 433 g/mol. The predicted octanol–water partition coefficient (Wildman–Crippen LogP) is 3.86. The number of benzene rings is 2. The normalized spacial score (nSPS) is 14.4. The molecule has 0 bridgehead atoms. The number of nitrogens with zero attached hydrogens (tertiary/aromatic N) is 1. The zero-order valence-corrected chi connectivity index (χ0v) is 18.4. The number of urea groups is 1. The largest absolute Gasteiger partial charge is 0.493 e. The molecule has 162 valence electrons. The molecule has 2 amide bonds. The summed E-state index contributed by atoms with van der Waals surface area (Å²) in [7, 11) is -0.871. The van der Waals surface area contributed by atoms with Crippen molar-refractivity contribution < 1.29 is 22.7 Å². The van der Waals surface area contributed by atoms with Gasteiger partial charge in [0.1, 0.15) is 0 Å². The van der Waals surface area contributed by atoms with Crippen molar-refractivity contribution in [2.45, 2.75) is 50.1 Å². The van der Waals surface area contributed by atoms with E-state index in [1.165, 1.54) is 12.1 Å². The summed E-state index contributed by atoms with van der Waals surface area (Å²) in [5.74, 6) is 1.10. The van der Waals surface area contributed by atoms with Gasteiger partial charge >= 0.3 is 6.03 Å². The summed E-state index contributed by atoms with van der Waals surface area (Å²) in [5.41, 5.74) is 1.70. The van der Waals surface area contributed by atoms with Gasteiger partial charge in [0, 0.05) is 11.6 Å². The van der Waals surface area contributed by atoms with Gasteiger partial charge in [-0.05, 0) is 38.0 Å². The van der Waals surface area contributed by atoms with Crippen LogP contribution in [-0.2, 0) is 16.6 Å². The molecule has 1 N–H and O–H groups in total. The number of rotatable bonds is 7. The summed E-state index contributed by atoms with van der Waals surface area (Å²) in [4.78, 5) is 14.8. The average Bonchev–Trinajstić information content (AvgIpc) is 3.26. The molecule has 0 saturated heterocycles. The van der Waals surface area contributed by atoms with Gasteiger partial charge in [0.2, 0.25) is 0 Å². The van der Waals surface area contributed by atoms with Crippen LogP contribution in [0.4, 0.5) is 4.79 Å². The fraction of sp³-hybridized carbons (Fsp3) is 0.409. The van der Waals surface area contributed by atoms with Gasteiger partial charge in [-0.25, -0.2) is 17.9 Å². The summed E-state index contributed by atoms with van der Waals surface area (Å²) in [6.07, 6.45) is 3.69. The molecule has 8 heteroatoms. The molecular weight excluding hydrogens is 404 g/mol. The lowest BCUT2D eigenvalue weighted by atomic mass is 10.1. The quantitative estimate of drug-likeness (QED) is 0.718. The van der Waals surface area contributed by atoms with Gasteiger partial charge in [0.15, 0.2) is 11.5 Å². The van der Waals surface area contributed by atoms with E-state index in [1.54, 1.807) is 37.3 Å². The van der Waals surface area contributed by atoms with Crippen LogP contribution in [0.25, 0.3) is 0 Å². The molecule has 1 saturated carbocycles. The zero-order valence-electron chi connectivity index (χ0n) is 17.6. The van der Waals surface area contributed by atoms with Crippen LogP contribution in [0.5, 0.6) is 11.5 Å². The lowest BCUT2D eigenvalue weighted by molar-refractivity contribution is 0.175. The number of hydrogen-bond donors (Lipinski definition) is 1.